The Balaban J connectivity index is 2.04. The largest absolute Gasteiger partial charge is 0.382 e. The second kappa shape index (κ2) is 6.58. The average molecular weight is 304 g/mol. The fourth-order valence-corrected chi connectivity index (χ4v) is 2.81. The van der Waals surface area contributed by atoms with Crippen molar-refractivity contribution in [3.8, 4) is 0 Å². The van der Waals surface area contributed by atoms with E-state index in [1.165, 1.54) is 11.3 Å². The third-order valence-electron chi connectivity index (χ3n) is 2.97. The molecule has 112 valence electrons. The number of hydrogen-bond donors (Lipinski definition) is 3. The lowest BCUT2D eigenvalue weighted by Gasteiger charge is -2.07. The molecule has 0 aliphatic heterocycles. The SMILES string of the molecule is Cc1ccccc1CNC(=O)c1sc(NC(C)C)nc1N. The lowest BCUT2D eigenvalue weighted by Crippen LogP contribution is -2.23. The van der Waals surface area contributed by atoms with Crippen LogP contribution in [0.25, 0.3) is 0 Å². The fraction of sp³-hybridized carbons (Fsp3) is 0.333. The number of nitrogen functional groups attached to an aromatic ring is 1. The zero-order valence-electron chi connectivity index (χ0n) is 12.4. The van der Waals surface area contributed by atoms with Crippen molar-refractivity contribution in [3.63, 3.8) is 0 Å². The molecule has 1 heterocycles. The van der Waals surface area contributed by atoms with Crippen LogP contribution in [0.1, 0.15) is 34.6 Å². The van der Waals surface area contributed by atoms with Crippen LogP contribution in [-0.4, -0.2) is 16.9 Å². The van der Waals surface area contributed by atoms with Gasteiger partial charge in [-0.15, -0.1) is 0 Å². The summed E-state index contributed by atoms with van der Waals surface area (Å²) in [5.74, 6) is 0.0792. The summed E-state index contributed by atoms with van der Waals surface area (Å²) in [6.07, 6.45) is 0. The second-order valence-corrected chi connectivity index (χ2v) is 6.14. The number of carbonyl (C=O) groups excluding carboxylic acids is 1. The molecule has 1 aromatic carbocycles. The molecule has 1 aromatic heterocycles. The lowest BCUT2D eigenvalue weighted by molar-refractivity contribution is 0.0955. The molecule has 4 N–H and O–H groups in total. The Bertz CT molecular complexity index is 636. The van der Waals surface area contributed by atoms with Crippen molar-refractivity contribution in [2.24, 2.45) is 0 Å². The van der Waals surface area contributed by atoms with Gasteiger partial charge in [-0.3, -0.25) is 4.79 Å². The Morgan fingerprint density at radius 1 is 1.38 bits per heavy atom. The topological polar surface area (TPSA) is 80.0 Å². The number of rotatable bonds is 5. The van der Waals surface area contributed by atoms with Crippen LogP contribution in [0, 0.1) is 6.92 Å². The van der Waals surface area contributed by atoms with Crippen LogP contribution in [0.5, 0.6) is 0 Å². The summed E-state index contributed by atoms with van der Waals surface area (Å²) in [5, 5.41) is 6.71. The van der Waals surface area contributed by atoms with Gasteiger partial charge in [0.25, 0.3) is 5.91 Å². The van der Waals surface area contributed by atoms with Crippen LogP contribution in [-0.2, 0) is 6.54 Å². The van der Waals surface area contributed by atoms with E-state index in [0.29, 0.717) is 16.6 Å². The van der Waals surface area contributed by atoms with E-state index in [-0.39, 0.29) is 17.8 Å². The van der Waals surface area contributed by atoms with Crippen LogP contribution in [0.2, 0.25) is 0 Å². The molecule has 5 nitrogen and oxygen atoms in total. The predicted molar refractivity (Wildman–Crippen MR) is 87.6 cm³/mol. The van der Waals surface area contributed by atoms with Gasteiger partial charge in [0.05, 0.1) is 0 Å². The first-order valence-electron chi connectivity index (χ1n) is 6.83. The summed E-state index contributed by atoms with van der Waals surface area (Å²) in [4.78, 5) is 16.8. The Kier molecular flexibility index (Phi) is 4.80. The minimum atomic E-state index is -0.190. The minimum Gasteiger partial charge on any atom is -0.382 e. The van der Waals surface area contributed by atoms with Crippen LogP contribution in [0.3, 0.4) is 0 Å². The van der Waals surface area contributed by atoms with Gasteiger partial charge in [-0.25, -0.2) is 4.98 Å². The maximum atomic E-state index is 12.2. The van der Waals surface area contributed by atoms with Gasteiger partial charge in [0, 0.05) is 12.6 Å². The molecule has 6 heteroatoms. The quantitative estimate of drug-likeness (QED) is 0.793. The first-order chi connectivity index (χ1) is 9.97. The van der Waals surface area contributed by atoms with Gasteiger partial charge in [0.2, 0.25) is 0 Å². The first kappa shape index (κ1) is 15.3. The number of hydrogen-bond acceptors (Lipinski definition) is 5. The Hall–Kier alpha value is -2.08. The number of nitrogens with one attached hydrogen (secondary N) is 2. The number of nitrogens with zero attached hydrogens (tertiary/aromatic N) is 1. The van der Waals surface area contributed by atoms with Gasteiger partial charge in [-0.05, 0) is 31.9 Å². The molecule has 0 radical (unpaired) electrons. The van der Waals surface area contributed by atoms with Crippen LogP contribution < -0.4 is 16.4 Å². The summed E-state index contributed by atoms with van der Waals surface area (Å²) in [7, 11) is 0. The smallest absolute Gasteiger partial charge is 0.265 e. The van der Waals surface area contributed by atoms with Gasteiger partial charge in [0.15, 0.2) is 5.13 Å². The molecule has 0 saturated carbocycles. The summed E-state index contributed by atoms with van der Waals surface area (Å²) in [6.45, 7) is 6.52. The average Bonchev–Trinajstić information content (AvgIpc) is 2.77. The molecule has 21 heavy (non-hydrogen) atoms. The Morgan fingerprint density at radius 2 is 2.10 bits per heavy atom. The summed E-state index contributed by atoms with van der Waals surface area (Å²) in [5.41, 5.74) is 8.06. The van der Waals surface area contributed by atoms with Crippen molar-refractivity contribution in [3.05, 3.63) is 40.3 Å². The predicted octanol–water partition coefficient (Wildman–Crippen LogP) is 2.78. The molecule has 0 aliphatic carbocycles. The maximum absolute atomic E-state index is 12.2. The van der Waals surface area contributed by atoms with Gasteiger partial charge in [-0.1, -0.05) is 35.6 Å². The molecule has 0 atom stereocenters. The molecule has 0 unspecified atom stereocenters. The van der Waals surface area contributed by atoms with E-state index in [1.807, 2.05) is 45.0 Å². The zero-order valence-corrected chi connectivity index (χ0v) is 13.3. The molecule has 2 rings (SSSR count). The Labute approximate surface area is 128 Å². The summed E-state index contributed by atoms with van der Waals surface area (Å²) >= 11 is 1.28. The number of nitrogens with two attached hydrogens (primary N) is 1. The highest BCUT2D eigenvalue weighted by Crippen LogP contribution is 2.25. The van der Waals surface area contributed by atoms with Crippen molar-refractivity contribution in [2.75, 3.05) is 11.1 Å². The van der Waals surface area contributed by atoms with Gasteiger partial charge >= 0.3 is 0 Å². The molecule has 1 amide bonds. The highest BCUT2D eigenvalue weighted by atomic mass is 32.1. The fourth-order valence-electron chi connectivity index (χ4n) is 1.87. The number of amides is 1. The molecule has 0 spiro atoms. The maximum Gasteiger partial charge on any atom is 0.265 e. The molecule has 0 fully saturated rings. The van der Waals surface area contributed by atoms with Crippen LogP contribution in [0.4, 0.5) is 10.9 Å². The molecule has 2 aromatic rings. The van der Waals surface area contributed by atoms with Gasteiger partial charge < -0.3 is 16.4 Å². The third kappa shape index (κ3) is 3.95. The number of aromatic nitrogens is 1. The highest BCUT2D eigenvalue weighted by Gasteiger charge is 2.16. The molecule has 0 bridgehead atoms. The summed E-state index contributed by atoms with van der Waals surface area (Å²) < 4.78 is 0. The Morgan fingerprint density at radius 3 is 2.76 bits per heavy atom. The van der Waals surface area contributed by atoms with Crippen molar-refractivity contribution < 1.29 is 4.79 Å². The minimum absolute atomic E-state index is 0.190. The van der Waals surface area contributed by atoms with Gasteiger partial charge in [-0.2, -0.15) is 0 Å². The number of benzene rings is 1. The molecular formula is C15H20N4OS. The monoisotopic (exact) mass is 304 g/mol. The molecule has 0 aliphatic rings. The van der Waals surface area contributed by atoms with E-state index in [9.17, 15) is 4.79 Å². The molecule has 0 saturated heterocycles. The number of aryl methyl sites for hydroxylation is 1. The van der Waals surface area contributed by atoms with E-state index in [0.717, 1.165) is 11.1 Å². The first-order valence-corrected chi connectivity index (χ1v) is 7.64. The van der Waals surface area contributed by atoms with Crippen molar-refractivity contribution in [2.45, 2.75) is 33.4 Å². The van der Waals surface area contributed by atoms with Crippen molar-refractivity contribution in [1.29, 1.82) is 0 Å². The van der Waals surface area contributed by atoms with Crippen LogP contribution in [0.15, 0.2) is 24.3 Å². The number of anilines is 2. The second-order valence-electron chi connectivity index (χ2n) is 5.14. The van der Waals surface area contributed by atoms with Crippen molar-refractivity contribution in [1.82, 2.24) is 10.3 Å². The van der Waals surface area contributed by atoms with Crippen LogP contribution >= 0.6 is 11.3 Å². The van der Waals surface area contributed by atoms with E-state index >= 15 is 0 Å². The summed E-state index contributed by atoms with van der Waals surface area (Å²) in [6, 6.07) is 8.20. The normalized spacial score (nSPS) is 10.7. The van der Waals surface area contributed by atoms with E-state index in [2.05, 4.69) is 15.6 Å². The van der Waals surface area contributed by atoms with E-state index in [4.69, 9.17) is 5.73 Å². The lowest BCUT2D eigenvalue weighted by atomic mass is 10.1. The van der Waals surface area contributed by atoms with Gasteiger partial charge in [0.1, 0.15) is 10.7 Å². The van der Waals surface area contributed by atoms with E-state index in [1.54, 1.807) is 0 Å². The third-order valence-corrected chi connectivity index (χ3v) is 3.97. The zero-order chi connectivity index (χ0) is 15.4. The van der Waals surface area contributed by atoms with Crippen molar-refractivity contribution >= 4 is 28.2 Å². The highest BCUT2D eigenvalue weighted by molar-refractivity contribution is 7.18. The number of carbonyl (C=O) groups is 1. The standard InChI is InChI=1S/C15H20N4OS/c1-9(2)18-15-19-13(16)12(21-15)14(20)17-8-11-7-5-4-6-10(11)3/h4-7,9H,8,16H2,1-3H3,(H,17,20)(H,18,19). The van der Waals surface area contributed by atoms with E-state index < -0.39 is 0 Å². The molecular weight excluding hydrogens is 284 g/mol. The number of thiazole rings is 1.